The van der Waals surface area contributed by atoms with Crippen LogP contribution in [0.2, 0.25) is 0 Å². The summed E-state index contributed by atoms with van der Waals surface area (Å²) < 4.78 is 0. The van der Waals surface area contributed by atoms with Crippen LogP contribution >= 0.6 is 0 Å². The van der Waals surface area contributed by atoms with E-state index in [2.05, 4.69) is 43.5 Å². The van der Waals surface area contributed by atoms with Crippen LogP contribution in [0.15, 0.2) is 36.5 Å². The van der Waals surface area contributed by atoms with Gasteiger partial charge in [-0.05, 0) is 51.4 Å². The number of allylic oxidation sites excluding steroid dienone is 5. The summed E-state index contributed by atoms with van der Waals surface area (Å²) in [7, 11) is 0. The van der Waals surface area contributed by atoms with Crippen LogP contribution in [0.25, 0.3) is 0 Å². The summed E-state index contributed by atoms with van der Waals surface area (Å²) in [6, 6.07) is -0.623. The van der Waals surface area contributed by atoms with Crippen molar-refractivity contribution in [1.82, 2.24) is 5.32 Å². The summed E-state index contributed by atoms with van der Waals surface area (Å²) in [5, 5.41) is 23.1. The zero-order valence-corrected chi connectivity index (χ0v) is 40.0. The fourth-order valence-electron chi connectivity index (χ4n) is 8.27. The Balaban J connectivity index is 3.51. The smallest absolute Gasteiger partial charge is 0.220 e. The molecular formula is C55H105NO3. The molecule has 2 atom stereocenters. The van der Waals surface area contributed by atoms with Crippen molar-refractivity contribution in [3.05, 3.63) is 36.5 Å². The number of hydrogen-bond acceptors (Lipinski definition) is 3. The predicted molar refractivity (Wildman–Crippen MR) is 262 cm³/mol. The lowest BCUT2D eigenvalue weighted by molar-refractivity contribution is -0.123. The largest absolute Gasteiger partial charge is 0.394 e. The van der Waals surface area contributed by atoms with E-state index in [1.807, 2.05) is 6.08 Å². The summed E-state index contributed by atoms with van der Waals surface area (Å²) in [5.74, 6) is -0.0630. The van der Waals surface area contributed by atoms with Crippen molar-refractivity contribution in [1.29, 1.82) is 0 Å². The van der Waals surface area contributed by atoms with Crippen LogP contribution in [-0.4, -0.2) is 34.9 Å². The fourth-order valence-corrected chi connectivity index (χ4v) is 8.27. The van der Waals surface area contributed by atoms with Crippen molar-refractivity contribution in [2.45, 2.75) is 302 Å². The van der Waals surface area contributed by atoms with Crippen LogP contribution in [0.4, 0.5) is 0 Å². The second-order valence-electron chi connectivity index (χ2n) is 18.3. The van der Waals surface area contributed by atoms with E-state index in [0.29, 0.717) is 6.42 Å². The normalized spacial score (nSPS) is 13.1. The van der Waals surface area contributed by atoms with E-state index in [4.69, 9.17) is 0 Å². The molecule has 0 aromatic carbocycles. The molecule has 0 radical (unpaired) electrons. The lowest BCUT2D eigenvalue weighted by atomic mass is 10.0. The molecule has 3 N–H and O–H groups in total. The van der Waals surface area contributed by atoms with Gasteiger partial charge < -0.3 is 15.5 Å². The number of rotatable bonds is 49. The Bertz CT molecular complexity index is 897. The molecule has 0 aliphatic carbocycles. The monoisotopic (exact) mass is 828 g/mol. The highest BCUT2D eigenvalue weighted by molar-refractivity contribution is 5.76. The van der Waals surface area contributed by atoms with E-state index in [9.17, 15) is 15.0 Å². The van der Waals surface area contributed by atoms with Crippen LogP contribution in [0.5, 0.6) is 0 Å². The number of carbonyl (C=O) groups is 1. The molecule has 4 nitrogen and oxygen atoms in total. The van der Waals surface area contributed by atoms with Crippen LogP contribution in [0, 0.1) is 0 Å². The van der Waals surface area contributed by atoms with Gasteiger partial charge in [-0.2, -0.15) is 0 Å². The van der Waals surface area contributed by atoms with Crippen LogP contribution in [0.1, 0.15) is 290 Å². The van der Waals surface area contributed by atoms with E-state index in [1.165, 1.54) is 238 Å². The minimum atomic E-state index is -0.840. The van der Waals surface area contributed by atoms with E-state index in [0.717, 1.165) is 32.1 Å². The minimum Gasteiger partial charge on any atom is -0.394 e. The topological polar surface area (TPSA) is 69.6 Å². The lowest BCUT2D eigenvalue weighted by Crippen LogP contribution is -2.45. The van der Waals surface area contributed by atoms with E-state index < -0.39 is 12.1 Å². The van der Waals surface area contributed by atoms with Gasteiger partial charge in [0.2, 0.25) is 5.91 Å². The van der Waals surface area contributed by atoms with Gasteiger partial charge in [-0.15, -0.1) is 0 Å². The molecular weight excluding hydrogens is 723 g/mol. The summed E-state index contributed by atoms with van der Waals surface area (Å²) in [5.41, 5.74) is 0. The number of carbonyl (C=O) groups excluding carboxylic acids is 1. The summed E-state index contributed by atoms with van der Waals surface area (Å²) in [6.45, 7) is 4.33. The van der Waals surface area contributed by atoms with Gasteiger partial charge in [0.25, 0.3) is 0 Å². The lowest BCUT2D eigenvalue weighted by Gasteiger charge is -2.20. The second kappa shape index (κ2) is 51.0. The third-order valence-electron chi connectivity index (χ3n) is 12.4. The molecule has 0 bridgehead atoms. The highest BCUT2D eigenvalue weighted by atomic mass is 16.3. The Morgan fingerprint density at radius 3 is 1.02 bits per heavy atom. The van der Waals surface area contributed by atoms with Gasteiger partial charge in [0.15, 0.2) is 0 Å². The predicted octanol–water partition coefficient (Wildman–Crippen LogP) is 17.3. The molecule has 0 saturated carbocycles. The van der Waals surface area contributed by atoms with Crippen molar-refractivity contribution in [2.75, 3.05) is 6.61 Å². The Labute approximate surface area is 370 Å². The van der Waals surface area contributed by atoms with Gasteiger partial charge in [0.1, 0.15) is 0 Å². The summed E-state index contributed by atoms with van der Waals surface area (Å²) >= 11 is 0. The number of hydrogen-bond donors (Lipinski definition) is 3. The molecule has 1 amide bonds. The summed E-state index contributed by atoms with van der Waals surface area (Å²) in [6.07, 6.45) is 68.6. The first-order valence-corrected chi connectivity index (χ1v) is 26.7. The van der Waals surface area contributed by atoms with Gasteiger partial charge in [-0.1, -0.05) is 269 Å². The first-order valence-electron chi connectivity index (χ1n) is 26.7. The van der Waals surface area contributed by atoms with Crippen molar-refractivity contribution >= 4 is 5.91 Å². The Morgan fingerprint density at radius 1 is 0.407 bits per heavy atom. The third kappa shape index (κ3) is 47.5. The maximum absolute atomic E-state index is 12.5. The number of unbranched alkanes of at least 4 members (excludes halogenated alkanes) is 38. The number of nitrogens with one attached hydrogen (secondary N) is 1. The molecule has 0 fully saturated rings. The zero-order valence-electron chi connectivity index (χ0n) is 40.0. The quantitative estimate of drug-likeness (QED) is 0.0423. The Morgan fingerprint density at radius 2 is 0.695 bits per heavy atom. The molecule has 2 unspecified atom stereocenters. The Kier molecular flexibility index (Phi) is 49.8. The summed E-state index contributed by atoms with van der Waals surface area (Å²) in [4.78, 5) is 12.5. The highest BCUT2D eigenvalue weighted by Crippen LogP contribution is 2.16. The molecule has 0 spiro atoms. The maximum Gasteiger partial charge on any atom is 0.220 e. The number of aliphatic hydroxyl groups is 2. The molecule has 0 aliphatic heterocycles. The molecule has 348 valence electrons. The average molecular weight is 828 g/mol. The van der Waals surface area contributed by atoms with Crippen molar-refractivity contribution < 1.29 is 15.0 Å². The van der Waals surface area contributed by atoms with Crippen molar-refractivity contribution in [3.8, 4) is 0 Å². The first kappa shape index (κ1) is 57.6. The molecule has 0 aromatic heterocycles. The van der Waals surface area contributed by atoms with Crippen LogP contribution in [-0.2, 0) is 4.79 Å². The van der Waals surface area contributed by atoms with Gasteiger partial charge in [-0.25, -0.2) is 0 Å². The first-order chi connectivity index (χ1) is 29.2. The van der Waals surface area contributed by atoms with Crippen molar-refractivity contribution in [3.63, 3.8) is 0 Å². The minimum absolute atomic E-state index is 0.0630. The van der Waals surface area contributed by atoms with E-state index in [1.54, 1.807) is 6.08 Å². The van der Waals surface area contributed by atoms with Crippen molar-refractivity contribution in [2.24, 2.45) is 0 Å². The number of aliphatic hydroxyl groups excluding tert-OH is 2. The zero-order chi connectivity index (χ0) is 42.8. The molecule has 0 rings (SSSR count). The van der Waals surface area contributed by atoms with Gasteiger partial charge in [0, 0.05) is 6.42 Å². The molecule has 0 saturated heterocycles. The molecule has 0 aliphatic rings. The van der Waals surface area contributed by atoms with Gasteiger partial charge in [0.05, 0.1) is 18.8 Å². The SMILES string of the molecule is CCCCCCCCCCC/C=C\C/C=C\CCCCCCCCCCCCCC(=O)NC(CO)C(O)/C=C/CCCCCCCCCCCCCCCCCCCC. The molecule has 0 aromatic rings. The molecule has 0 heterocycles. The third-order valence-corrected chi connectivity index (χ3v) is 12.4. The maximum atomic E-state index is 12.5. The van der Waals surface area contributed by atoms with Gasteiger partial charge >= 0.3 is 0 Å². The second-order valence-corrected chi connectivity index (χ2v) is 18.3. The fraction of sp³-hybridized carbons (Fsp3) is 0.873. The standard InChI is InChI=1S/C55H105NO3/c1-3-5-7-9-11-13-15-17-19-21-23-25-26-27-28-29-30-31-33-35-37-39-41-43-45-47-49-51-55(59)56-53(52-57)54(58)50-48-46-44-42-40-38-36-34-32-24-22-20-18-16-14-12-10-8-6-4-2/h23,25,27-28,48,50,53-54,57-58H,3-22,24,26,29-47,49,51-52H2,1-2H3,(H,56,59)/b25-23-,28-27-,50-48+. The number of amides is 1. The van der Waals surface area contributed by atoms with Crippen LogP contribution in [0.3, 0.4) is 0 Å². The van der Waals surface area contributed by atoms with Gasteiger partial charge in [-0.3, -0.25) is 4.79 Å². The average Bonchev–Trinajstić information content (AvgIpc) is 3.24. The van der Waals surface area contributed by atoms with E-state index >= 15 is 0 Å². The highest BCUT2D eigenvalue weighted by Gasteiger charge is 2.18. The van der Waals surface area contributed by atoms with Crippen LogP contribution < -0.4 is 5.32 Å². The van der Waals surface area contributed by atoms with E-state index in [-0.39, 0.29) is 12.5 Å². The molecule has 4 heteroatoms. The Hall–Kier alpha value is -1.39. The molecule has 59 heavy (non-hydrogen) atoms.